The first-order chi connectivity index (χ1) is 16.4. The topological polar surface area (TPSA) is 38.8 Å². The summed E-state index contributed by atoms with van der Waals surface area (Å²) >= 11 is 15.0. The van der Waals surface area contributed by atoms with Crippen molar-refractivity contribution in [3.63, 3.8) is 0 Å². The van der Waals surface area contributed by atoms with Crippen LogP contribution in [0.2, 0.25) is 5.02 Å². The molecule has 0 radical (unpaired) electrons. The predicted molar refractivity (Wildman–Crippen MR) is 153 cm³/mol. The van der Waals surface area contributed by atoms with Crippen molar-refractivity contribution in [3.05, 3.63) is 90.9 Å². The van der Waals surface area contributed by atoms with Crippen LogP contribution in [-0.2, 0) is 11.4 Å². The minimum atomic E-state index is -0.130. The first-order valence-electron chi connectivity index (χ1n) is 10.5. The second-order valence-corrected chi connectivity index (χ2v) is 10.8. The van der Waals surface area contributed by atoms with Crippen LogP contribution in [0.5, 0.6) is 11.5 Å². The number of hydrogen-bond donors (Lipinski definition) is 0. The summed E-state index contributed by atoms with van der Waals surface area (Å²) in [6.45, 7) is 4.82. The third kappa shape index (κ3) is 5.76. The number of rotatable bonds is 7. The third-order valence-electron chi connectivity index (χ3n) is 5.01. The van der Waals surface area contributed by atoms with Crippen LogP contribution in [-0.4, -0.2) is 16.8 Å². The van der Waals surface area contributed by atoms with Crippen LogP contribution >= 0.6 is 58.2 Å². The van der Waals surface area contributed by atoms with Crippen molar-refractivity contribution in [2.24, 2.45) is 0 Å². The number of thiocarbonyl (C=S) groups is 1. The maximum Gasteiger partial charge on any atom is 0.270 e. The molecule has 3 aromatic rings. The summed E-state index contributed by atoms with van der Waals surface area (Å²) in [5, 5.41) is 0.686. The van der Waals surface area contributed by atoms with Crippen LogP contribution < -0.4 is 14.4 Å². The van der Waals surface area contributed by atoms with Crippen molar-refractivity contribution in [2.45, 2.75) is 20.5 Å². The average molecular weight is 622 g/mol. The zero-order valence-electron chi connectivity index (χ0n) is 18.5. The Morgan fingerprint density at radius 2 is 1.79 bits per heavy atom. The Morgan fingerprint density at radius 3 is 2.47 bits per heavy atom. The fourth-order valence-corrected chi connectivity index (χ4v) is 5.55. The lowest BCUT2D eigenvalue weighted by atomic mass is 10.1. The molecule has 0 aromatic heterocycles. The number of benzene rings is 3. The predicted octanol–water partition coefficient (Wildman–Crippen LogP) is 7.64. The highest BCUT2D eigenvalue weighted by Crippen LogP contribution is 2.39. The van der Waals surface area contributed by atoms with E-state index in [4.69, 9.17) is 33.3 Å². The molecule has 0 aliphatic carbocycles. The third-order valence-corrected chi connectivity index (χ3v) is 7.37. The smallest absolute Gasteiger partial charge is 0.270 e. The van der Waals surface area contributed by atoms with Gasteiger partial charge in [-0.2, -0.15) is 0 Å². The molecule has 1 amide bonds. The van der Waals surface area contributed by atoms with E-state index in [-0.39, 0.29) is 5.91 Å². The summed E-state index contributed by atoms with van der Waals surface area (Å²) in [7, 11) is 0. The van der Waals surface area contributed by atoms with Gasteiger partial charge in [-0.3, -0.25) is 9.69 Å². The molecule has 1 aliphatic rings. The molecule has 0 bridgehead atoms. The second-order valence-electron chi connectivity index (χ2n) is 7.53. The Labute approximate surface area is 227 Å². The Kier molecular flexibility index (Phi) is 8.18. The summed E-state index contributed by atoms with van der Waals surface area (Å²) < 4.78 is 13.4. The first kappa shape index (κ1) is 25.0. The van der Waals surface area contributed by atoms with Crippen LogP contribution in [0, 0.1) is 10.5 Å². The van der Waals surface area contributed by atoms with E-state index in [1.165, 1.54) is 11.8 Å². The van der Waals surface area contributed by atoms with Crippen molar-refractivity contribution in [3.8, 4) is 11.5 Å². The van der Waals surface area contributed by atoms with Crippen LogP contribution in [0.25, 0.3) is 6.08 Å². The number of carbonyl (C=O) groups is 1. The molecule has 3 aromatic carbocycles. The van der Waals surface area contributed by atoms with Gasteiger partial charge in [0.05, 0.1) is 20.8 Å². The lowest BCUT2D eigenvalue weighted by Crippen LogP contribution is -2.27. The van der Waals surface area contributed by atoms with Crippen molar-refractivity contribution < 1.29 is 14.3 Å². The second kappa shape index (κ2) is 11.1. The fourth-order valence-electron chi connectivity index (χ4n) is 3.35. The molecule has 4 nitrogen and oxygen atoms in total. The van der Waals surface area contributed by atoms with E-state index in [9.17, 15) is 4.79 Å². The molecule has 1 saturated heterocycles. The van der Waals surface area contributed by atoms with Crippen molar-refractivity contribution in [1.29, 1.82) is 0 Å². The monoisotopic (exact) mass is 621 g/mol. The number of halogens is 2. The van der Waals surface area contributed by atoms with Gasteiger partial charge >= 0.3 is 0 Å². The number of nitrogens with zero attached hydrogens (tertiary/aromatic N) is 1. The largest absolute Gasteiger partial charge is 0.490 e. The van der Waals surface area contributed by atoms with E-state index in [1.807, 2.05) is 80.6 Å². The molecule has 1 heterocycles. The lowest BCUT2D eigenvalue weighted by Gasteiger charge is -2.15. The SMILES string of the molecule is CCOc1cc(/C=C2\SC(=S)N(c3ccc(C)cc3)C2=O)cc(I)c1OCc1ccc(Cl)cc1. The molecule has 4 rings (SSSR count). The molecule has 0 unspecified atom stereocenters. The zero-order valence-corrected chi connectivity index (χ0v) is 23.1. The Hall–Kier alpha value is -2.07. The van der Waals surface area contributed by atoms with Gasteiger partial charge in [-0.15, -0.1) is 0 Å². The average Bonchev–Trinajstić information content (AvgIpc) is 3.08. The molecular weight excluding hydrogens is 601 g/mol. The van der Waals surface area contributed by atoms with Crippen molar-refractivity contribution >= 4 is 80.2 Å². The number of aryl methyl sites for hydroxylation is 1. The number of carbonyl (C=O) groups excluding carboxylic acids is 1. The van der Waals surface area contributed by atoms with Gasteiger partial charge in [-0.05, 0) is 90.0 Å². The highest BCUT2D eigenvalue weighted by atomic mass is 127. The minimum absolute atomic E-state index is 0.130. The van der Waals surface area contributed by atoms with E-state index < -0.39 is 0 Å². The van der Waals surface area contributed by atoms with E-state index in [0.717, 1.165) is 25.9 Å². The standard InChI is InChI=1S/C26H21ClINO3S2/c1-3-31-22-13-18(12-21(28)24(22)32-15-17-6-8-19(27)9-7-17)14-23-25(30)29(26(33)34-23)20-10-4-16(2)5-11-20/h4-14H,3,15H2,1-2H3/b23-14-. The van der Waals surface area contributed by atoms with Gasteiger partial charge in [0.15, 0.2) is 15.8 Å². The van der Waals surface area contributed by atoms with Crippen LogP contribution in [0.3, 0.4) is 0 Å². The van der Waals surface area contributed by atoms with Crippen molar-refractivity contribution in [1.82, 2.24) is 0 Å². The molecular formula is C26H21ClINO3S2. The molecule has 0 saturated carbocycles. The summed E-state index contributed by atoms with van der Waals surface area (Å²) in [4.78, 5) is 15.3. The molecule has 34 heavy (non-hydrogen) atoms. The van der Waals surface area contributed by atoms with E-state index >= 15 is 0 Å². The quantitative estimate of drug-likeness (QED) is 0.154. The number of ether oxygens (including phenoxy) is 2. The lowest BCUT2D eigenvalue weighted by molar-refractivity contribution is -0.113. The molecule has 0 atom stereocenters. The van der Waals surface area contributed by atoms with Gasteiger partial charge < -0.3 is 9.47 Å². The van der Waals surface area contributed by atoms with E-state index in [1.54, 1.807) is 4.90 Å². The van der Waals surface area contributed by atoms with Gasteiger partial charge in [-0.1, -0.05) is 65.4 Å². The molecule has 174 valence electrons. The Bertz CT molecular complexity index is 1260. The Morgan fingerprint density at radius 1 is 1.09 bits per heavy atom. The number of amides is 1. The number of thioether (sulfide) groups is 1. The molecule has 0 spiro atoms. The summed E-state index contributed by atoms with van der Waals surface area (Å²) in [6.07, 6.45) is 1.85. The van der Waals surface area contributed by atoms with Gasteiger partial charge in [0.1, 0.15) is 6.61 Å². The minimum Gasteiger partial charge on any atom is -0.490 e. The summed E-state index contributed by atoms with van der Waals surface area (Å²) in [5.41, 5.74) is 3.75. The van der Waals surface area contributed by atoms with Gasteiger partial charge in [0.2, 0.25) is 0 Å². The van der Waals surface area contributed by atoms with Gasteiger partial charge in [-0.25, -0.2) is 0 Å². The Balaban J connectivity index is 1.59. The highest BCUT2D eigenvalue weighted by molar-refractivity contribution is 14.1. The van der Waals surface area contributed by atoms with E-state index in [0.29, 0.717) is 39.0 Å². The maximum atomic E-state index is 13.1. The first-order valence-corrected chi connectivity index (χ1v) is 13.2. The van der Waals surface area contributed by atoms with Gasteiger partial charge in [0, 0.05) is 5.02 Å². The van der Waals surface area contributed by atoms with Crippen LogP contribution in [0.4, 0.5) is 5.69 Å². The summed E-state index contributed by atoms with van der Waals surface area (Å²) in [5.74, 6) is 1.17. The normalized spacial score (nSPS) is 14.7. The fraction of sp³-hybridized carbons (Fsp3) is 0.154. The van der Waals surface area contributed by atoms with Crippen LogP contribution in [0.15, 0.2) is 65.6 Å². The highest BCUT2D eigenvalue weighted by Gasteiger charge is 2.33. The maximum absolute atomic E-state index is 13.1. The van der Waals surface area contributed by atoms with Crippen LogP contribution in [0.1, 0.15) is 23.6 Å². The van der Waals surface area contributed by atoms with Crippen molar-refractivity contribution in [2.75, 3.05) is 11.5 Å². The molecule has 1 aliphatic heterocycles. The van der Waals surface area contributed by atoms with E-state index in [2.05, 4.69) is 22.6 Å². The zero-order chi connectivity index (χ0) is 24.2. The summed E-state index contributed by atoms with van der Waals surface area (Å²) in [6, 6.07) is 19.2. The van der Waals surface area contributed by atoms with Gasteiger partial charge in [0.25, 0.3) is 5.91 Å². The molecule has 0 N–H and O–H groups in total. The molecule has 8 heteroatoms. The number of anilines is 1. The number of hydrogen-bond acceptors (Lipinski definition) is 5. The molecule has 1 fully saturated rings.